The second-order valence-electron chi connectivity index (χ2n) is 6.21. The van der Waals surface area contributed by atoms with E-state index in [4.69, 9.17) is 19.5 Å². The number of carbonyl (C=O) groups excluding carboxylic acids is 1. The summed E-state index contributed by atoms with van der Waals surface area (Å²) in [5.74, 6) is 3.50. The lowest BCUT2D eigenvalue weighted by atomic mass is 9.73. The van der Waals surface area contributed by atoms with Crippen LogP contribution in [0.15, 0.2) is 30.3 Å². The number of nitrogens with zero attached hydrogens (tertiary/aromatic N) is 1. The van der Waals surface area contributed by atoms with Gasteiger partial charge >= 0.3 is 5.97 Å². The number of rotatable bonds is 8. The van der Waals surface area contributed by atoms with Gasteiger partial charge in [0.1, 0.15) is 0 Å². The summed E-state index contributed by atoms with van der Waals surface area (Å²) in [7, 11) is 0. The van der Waals surface area contributed by atoms with Gasteiger partial charge in [0.15, 0.2) is 12.2 Å². The molecule has 1 aromatic rings. The SMILES string of the molecule is [2H]OC(C(=O)OCC#CC([2H])([2H])N(C([2H])([2H])C)C([2H])([2H])C)(c1ccccc1)C1CCCCC1. The van der Waals surface area contributed by atoms with E-state index in [0.717, 1.165) is 33.1 Å². The largest absolute Gasteiger partial charge is 0.450 e. The van der Waals surface area contributed by atoms with Crippen LogP contribution >= 0.6 is 0 Å². The molecule has 1 N–H and O–H groups in total. The molecular formula is C22H31NO3. The Morgan fingerprint density at radius 2 is 1.96 bits per heavy atom. The van der Waals surface area contributed by atoms with E-state index in [1.807, 2.05) is 0 Å². The van der Waals surface area contributed by atoms with Gasteiger partial charge in [-0.1, -0.05) is 75.3 Å². The lowest BCUT2D eigenvalue weighted by Gasteiger charge is -2.36. The number of hydrogen-bond acceptors (Lipinski definition) is 4. The Hall–Kier alpha value is -1.83. The highest BCUT2D eigenvalue weighted by Gasteiger charge is 2.46. The zero-order valence-corrected chi connectivity index (χ0v) is 15.4. The molecule has 0 bridgehead atoms. The Morgan fingerprint density at radius 3 is 2.58 bits per heavy atom. The monoisotopic (exact) mass is 364 g/mol. The number of ether oxygens (including phenoxy) is 1. The number of benzene rings is 1. The van der Waals surface area contributed by atoms with Gasteiger partial charge in [-0.25, -0.2) is 4.79 Å². The highest BCUT2D eigenvalue weighted by atomic mass is 16.5. The third-order valence-corrected chi connectivity index (χ3v) is 4.66. The molecule has 1 atom stereocenters. The Morgan fingerprint density at radius 1 is 1.27 bits per heavy atom. The van der Waals surface area contributed by atoms with Crippen LogP contribution in [-0.4, -0.2) is 43.5 Å². The van der Waals surface area contributed by atoms with Crippen molar-refractivity contribution in [1.29, 1.82) is 1.43 Å². The average molecular weight is 365 g/mol. The summed E-state index contributed by atoms with van der Waals surface area (Å²) < 4.78 is 60.4. The molecule has 0 aliphatic heterocycles. The summed E-state index contributed by atoms with van der Waals surface area (Å²) >= 11 is 0. The third kappa shape index (κ3) is 5.09. The third-order valence-electron chi connectivity index (χ3n) is 4.66. The quantitative estimate of drug-likeness (QED) is 0.568. The molecule has 0 amide bonds. The van der Waals surface area contributed by atoms with Gasteiger partial charge in [-0.2, -0.15) is 0 Å². The number of hydrogen-bond donors (Lipinski definition) is 1. The van der Waals surface area contributed by atoms with E-state index in [0.29, 0.717) is 23.3 Å². The van der Waals surface area contributed by atoms with E-state index in [-0.39, 0.29) is 5.92 Å². The molecule has 26 heavy (non-hydrogen) atoms. The maximum absolute atomic E-state index is 13.2. The molecule has 1 aliphatic carbocycles. The summed E-state index contributed by atoms with van der Waals surface area (Å²) in [6.07, 6.45) is 4.25. The van der Waals surface area contributed by atoms with Gasteiger partial charge in [0.2, 0.25) is 1.43 Å². The Kier molecular flexibility index (Phi) is 4.99. The molecular weight excluding hydrogens is 326 g/mol. The fourth-order valence-corrected chi connectivity index (χ4v) is 3.28. The van der Waals surface area contributed by atoms with Crippen molar-refractivity contribution in [2.75, 3.05) is 26.1 Å². The summed E-state index contributed by atoms with van der Waals surface area (Å²) in [6.45, 7) is -5.79. The first-order valence-electron chi connectivity index (χ1n) is 12.3. The van der Waals surface area contributed by atoms with Crippen molar-refractivity contribution in [1.82, 2.24) is 4.90 Å². The molecule has 0 saturated heterocycles. The Balaban J connectivity index is 2.26. The summed E-state index contributed by atoms with van der Waals surface area (Å²) in [6, 6.07) is 8.71. The minimum absolute atomic E-state index is 0.256. The standard InChI is InChI=1S/C22H31NO3/c1-3-23(4-2)17-11-12-18-26-21(24)22(25,19-13-7-5-8-14-19)20-15-9-6-10-16-20/h5,7-8,13-14,20,25H,3-4,6,9-10,15-18H2,1-2H3/i3D2,4D2,17D2,25D. The van der Waals surface area contributed by atoms with Gasteiger partial charge in [0, 0.05) is 11.4 Å². The van der Waals surface area contributed by atoms with Crippen LogP contribution < -0.4 is 0 Å². The molecule has 4 heteroatoms. The summed E-state index contributed by atoms with van der Waals surface area (Å²) in [5, 5.41) is 5.10. The molecule has 4 nitrogen and oxygen atoms in total. The van der Waals surface area contributed by atoms with Crippen LogP contribution in [-0.2, 0) is 15.1 Å². The van der Waals surface area contributed by atoms with Crippen molar-refractivity contribution in [3.63, 3.8) is 0 Å². The maximum Gasteiger partial charge on any atom is 0.344 e. The predicted molar refractivity (Wildman–Crippen MR) is 103 cm³/mol. The molecule has 1 fully saturated rings. The fraction of sp³-hybridized carbons (Fsp3) is 0.591. The van der Waals surface area contributed by atoms with Crippen molar-refractivity contribution in [2.45, 2.75) is 51.6 Å². The fourth-order valence-electron chi connectivity index (χ4n) is 3.28. The van der Waals surface area contributed by atoms with Crippen LogP contribution in [0.1, 0.15) is 59.7 Å². The highest BCUT2D eigenvalue weighted by Crippen LogP contribution is 2.40. The second kappa shape index (κ2) is 10.4. The van der Waals surface area contributed by atoms with Gasteiger partial charge in [-0.3, -0.25) is 4.90 Å². The van der Waals surface area contributed by atoms with Crippen LogP contribution in [0.4, 0.5) is 0 Å². The zero-order chi connectivity index (χ0) is 24.9. The van der Waals surface area contributed by atoms with E-state index in [1.54, 1.807) is 30.3 Å². The number of esters is 1. The van der Waals surface area contributed by atoms with Crippen molar-refractivity contribution in [3.05, 3.63) is 35.9 Å². The lowest BCUT2D eigenvalue weighted by Crippen LogP contribution is -2.45. The molecule has 1 saturated carbocycles. The van der Waals surface area contributed by atoms with Gasteiger partial charge in [-0.15, -0.1) is 0 Å². The molecule has 1 unspecified atom stereocenters. The van der Waals surface area contributed by atoms with Gasteiger partial charge in [0.25, 0.3) is 0 Å². The van der Waals surface area contributed by atoms with Gasteiger partial charge < -0.3 is 9.85 Å². The smallest absolute Gasteiger partial charge is 0.344 e. The minimum Gasteiger partial charge on any atom is -0.450 e. The van der Waals surface area contributed by atoms with Gasteiger partial charge in [-0.05, 0) is 31.4 Å². The molecule has 1 aliphatic rings. The van der Waals surface area contributed by atoms with E-state index >= 15 is 0 Å². The highest BCUT2D eigenvalue weighted by molar-refractivity contribution is 5.81. The molecule has 0 spiro atoms. The minimum atomic E-state index is -2.67. The van der Waals surface area contributed by atoms with Crippen LogP contribution in [0.25, 0.3) is 0 Å². The van der Waals surface area contributed by atoms with Crippen molar-refractivity contribution < 1.29 is 22.9 Å². The first-order valence-corrected chi connectivity index (χ1v) is 8.94. The normalized spacial score (nSPS) is 22.8. The van der Waals surface area contributed by atoms with E-state index < -0.39 is 37.7 Å². The van der Waals surface area contributed by atoms with Crippen molar-refractivity contribution in [2.24, 2.45) is 5.92 Å². The summed E-state index contributed by atoms with van der Waals surface area (Å²) in [4.78, 5) is 13.6. The summed E-state index contributed by atoms with van der Waals surface area (Å²) in [5.41, 5.74) is -1.12. The van der Waals surface area contributed by atoms with E-state index in [1.165, 1.54) is 0 Å². The van der Waals surface area contributed by atoms with E-state index in [2.05, 4.69) is 11.8 Å². The van der Waals surface area contributed by atoms with E-state index in [9.17, 15) is 4.79 Å². The van der Waals surface area contributed by atoms with Crippen LogP contribution in [0, 0.1) is 17.8 Å². The molecule has 2 rings (SSSR count). The molecule has 0 aromatic heterocycles. The maximum atomic E-state index is 13.2. The Bertz CT molecular complexity index is 839. The predicted octanol–water partition coefficient (Wildman–Crippen LogP) is 3.34. The molecule has 1 aromatic carbocycles. The first-order chi connectivity index (χ1) is 15.3. The lowest BCUT2D eigenvalue weighted by molar-refractivity contribution is -0.174. The first kappa shape index (κ1) is 12.5. The Labute approximate surface area is 167 Å². The number of carbonyl (C=O) groups is 1. The molecule has 0 radical (unpaired) electrons. The van der Waals surface area contributed by atoms with Crippen LogP contribution in [0.5, 0.6) is 0 Å². The van der Waals surface area contributed by atoms with Crippen LogP contribution in [0.3, 0.4) is 0 Å². The number of aliphatic hydroxyl groups is 1. The van der Waals surface area contributed by atoms with Crippen molar-refractivity contribution in [3.8, 4) is 11.8 Å². The van der Waals surface area contributed by atoms with Crippen molar-refractivity contribution >= 4 is 5.97 Å². The van der Waals surface area contributed by atoms with Crippen LogP contribution in [0.2, 0.25) is 0 Å². The zero-order valence-electron chi connectivity index (χ0n) is 22.4. The topological polar surface area (TPSA) is 49.8 Å². The second-order valence-corrected chi connectivity index (χ2v) is 6.21. The van der Waals surface area contributed by atoms with Gasteiger partial charge in [0.05, 0.1) is 9.24 Å². The molecule has 142 valence electrons. The molecule has 0 heterocycles. The average Bonchev–Trinajstić information content (AvgIpc) is 2.71.